The zero-order valence-corrected chi connectivity index (χ0v) is 31.2. The smallest absolute Gasteiger partial charge is 0.164 e. The number of thiophene rings is 1. The van der Waals surface area contributed by atoms with Crippen molar-refractivity contribution >= 4 is 75.3 Å². The summed E-state index contributed by atoms with van der Waals surface area (Å²) in [6, 6.07) is 63.7. The standard InChI is InChI=1S/C51H30N4OS/c1-3-13-31(14-4-1)49-52-50(32-15-5-2-6-16-32)54-51(53-49)33-25-28-46-42(29-33)40-22-12-21-39(48(40)57-46)37-19-11-20-38-41-30-34(26-27-45(41)56-47(37)38)55-43-23-9-7-17-35(43)36-18-8-10-24-44(36)55/h1-30H. The monoisotopic (exact) mass is 746 g/mol. The number of para-hydroxylation sites is 3. The van der Waals surface area contributed by atoms with Crippen LogP contribution in [0.1, 0.15) is 0 Å². The Kier molecular flexibility index (Phi) is 7.03. The fraction of sp³-hybridized carbons (Fsp3) is 0. The highest BCUT2D eigenvalue weighted by Crippen LogP contribution is 2.45. The average molecular weight is 747 g/mol. The minimum atomic E-state index is 0.646. The first kappa shape index (κ1) is 31.9. The van der Waals surface area contributed by atoms with Crippen LogP contribution in [0.4, 0.5) is 0 Å². The van der Waals surface area contributed by atoms with Gasteiger partial charge in [0.25, 0.3) is 0 Å². The first-order valence-electron chi connectivity index (χ1n) is 19.0. The molecule has 57 heavy (non-hydrogen) atoms. The summed E-state index contributed by atoms with van der Waals surface area (Å²) in [6.07, 6.45) is 0. The van der Waals surface area contributed by atoms with Crippen LogP contribution in [0.5, 0.6) is 0 Å². The van der Waals surface area contributed by atoms with E-state index >= 15 is 0 Å². The van der Waals surface area contributed by atoms with Gasteiger partial charge < -0.3 is 8.98 Å². The second kappa shape index (κ2) is 12.6. The van der Waals surface area contributed by atoms with Crippen molar-refractivity contribution in [3.8, 4) is 51.0 Å². The number of aromatic nitrogens is 4. The Balaban J connectivity index is 0.999. The van der Waals surface area contributed by atoms with Crippen LogP contribution in [0, 0.1) is 0 Å². The quantitative estimate of drug-likeness (QED) is 0.176. The Morgan fingerprint density at radius 3 is 1.67 bits per heavy atom. The maximum Gasteiger partial charge on any atom is 0.164 e. The Hall–Kier alpha value is -7.41. The fourth-order valence-corrected chi connectivity index (χ4v) is 9.64. The lowest BCUT2D eigenvalue weighted by molar-refractivity contribution is 0.670. The van der Waals surface area contributed by atoms with E-state index in [1.165, 1.54) is 42.0 Å². The van der Waals surface area contributed by atoms with Gasteiger partial charge in [0.2, 0.25) is 0 Å². The molecule has 4 aromatic heterocycles. The number of hydrogen-bond acceptors (Lipinski definition) is 5. The van der Waals surface area contributed by atoms with Crippen molar-refractivity contribution < 1.29 is 4.42 Å². The summed E-state index contributed by atoms with van der Waals surface area (Å²) in [6.45, 7) is 0. The Morgan fingerprint density at radius 1 is 0.404 bits per heavy atom. The maximum absolute atomic E-state index is 6.75. The van der Waals surface area contributed by atoms with Crippen LogP contribution in [0.3, 0.4) is 0 Å². The Morgan fingerprint density at radius 2 is 0.982 bits per heavy atom. The number of nitrogens with zero attached hydrogens (tertiary/aromatic N) is 4. The molecule has 0 spiro atoms. The topological polar surface area (TPSA) is 56.7 Å². The molecule has 6 heteroatoms. The average Bonchev–Trinajstić information content (AvgIpc) is 3.96. The van der Waals surface area contributed by atoms with E-state index in [1.54, 1.807) is 0 Å². The summed E-state index contributed by atoms with van der Waals surface area (Å²) in [5, 5.41) is 7.06. The molecule has 266 valence electrons. The van der Waals surface area contributed by atoms with E-state index in [0.29, 0.717) is 17.5 Å². The van der Waals surface area contributed by atoms with Crippen LogP contribution in [-0.4, -0.2) is 19.5 Å². The molecular formula is C51H30N4OS. The van der Waals surface area contributed by atoms with Gasteiger partial charge in [-0.3, -0.25) is 0 Å². The molecule has 0 aliphatic rings. The first-order chi connectivity index (χ1) is 28.2. The van der Waals surface area contributed by atoms with E-state index in [-0.39, 0.29) is 0 Å². The molecule has 0 fully saturated rings. The molecular weight excluding hydrogens is 717 g/mol. The van der Waals surface area contributed by atoms with Crippen LogP contribution in [0.15, 0.2) is 186 Å². The lowest BCUT2D eigenvalue weighted by Gasteiger charge is -2.08. The molecule has 0 atom stereocenters. The van der Waals surface area contributed by atoms with Crippen molar-refractivity contribution in [2.45, 2.75) is 0 Å². The van der Waals surface area contributed by atoms with E-state index in [4.69, 9.17) is 19.4 Å². The molecule has 0 radical (unpaired) electrons. The van der Waals surface area contributed by atoms with Crippen molar-refractivity contribution in [3.63, 3.8) is 0 Å². The van der Waals surface area contributed by atoms with Crippen molar-refractivity contribution in [2.75, 3.05) is 0 Å². The van der Waals surface area contributed by atoms with Crippen LogP contribution in [0.25, 0.3) is 115 Å². The predicted octanol–water partition coefficient (Wildman–Crippen LogP) is 13.9. The van der Waals surface area contributed by atoms with Crippen LogP contribution < -0.4 is 0 Å². The Labute approximate surface area is 330 Å². The van der Waals surface area contributed by atoms with E-state index in [0.717, 1.165) is 55.4 Å². The number of furan rings is 1. The highest BCUT2D eigenvalue weighted by Gasteiger charge is 2.19. The number of fused-ring (bicyclic) bond motifs is 9. The highest BCUT2D eigenvalue weighted by molar-refractivity contribution is 7.26. The van der Waals surface area contributed by atoms with Gasteiger partial charge in [0.15, 0.2) is 17.5 Å². The fourth-order valence-electron chi connectivity index (χ4n) is 8.43. The molecule has 0 saturated carbocycles. The Bertz CT molecular complexity index is 3420. The zero-order chi connectivity index (χ0) is 37.5. The molecule has 0 bridgehead atoms. The number of rotatable bonds is 5. The molecule has 0 aliphatic heterocycles. The molecule has 0 unspecified atom stereocenters. The number of hydrogen-bond donors (Lipinski definition) is 0. The normalized spacial score (nSPS) is 11.9. The SMILES string of the molecule is c1ccc(-c2nc(-c3ccccc3)nc(-c3ccc4sc5c(-c6cccc7c6oc6ccc(-n8c9ccccc9c9ccccc98)cc67)cccc5c4c3)n2)cc1. The summed E-state index contributed by atoms with van der Waals surface area (Å²) in [7, 11) is 0. The van der Waals surface area contributed by atoms with Crippen molar-refractivity contribution in [2.24, 2.45) is 0 Å². The highest BCUT2D eigenvalue weighted by atomic mass is 32.1. The summed E-state index contributed by atoms with van der Waals surface area (Å²) >= 11 is 1.81. The van der Waals surface area contributed by atoms with Crippen LogP contribution in [0.2, 0.25) is 0 Å². The summed E-state index contributed by atoms with van der Waals surface area (Å²) < 4.78 is 11.5. The third kappa shape index (κ3) is 5.04. The molecule has 0 N–H and O–H groups in total. The van der Waals surface area contributed by atoms with E-state index in [9.17, 15) is 0 Å². The predicted molar refractivity (Wildman–Crippen MR) is 236 cm³/mol. The molecule has 5 nitrogen and oxygen atoms in total. The third-order valence-electron chi connectivity index (χ3n) is 11.1. The summed E-state index contributed by atoms with van der Waals surface area (Å²) in [5.74, 6) is 1.95. The molecule has 12 rings (SSSR count). The maximum atomic E-state index is 6.75. The van der Waals surface area contributed by atoms with Gasteiger partial charge in [-0.25, -0.2) is 15.0 Å². The lowest BCUT2D eigenvalue weighted by Crippen LogP contribution is -2.00. The van der Waals surface area contributed by atoms with Gasteiger partial charge in [0, 0.05) is 75.2 Å². The van der Waals surface area contributed by atoms with E-state index in [2.05, 4.69) is 126 Å². The minimum absolute atomic E-state index is 0.646. The zero-order valence-electron chi connectivity index (χ0n) is 30.4. The molecule has 0 saturated heterocycles. The third-order valence-corrected chi connectivity index (χ3v) is 12.3. The van der Waals surface area contributed by atoms with Gasteiger partial charge in [0.05, 0.1) is 11.0 Å². The van der Waals surface area contributed by atoms with Gasteiger partial charge >= 0.3 is 0 Å². The first-order valence-corrected chi connectivity index (χ1v) is 19.8. The van der Waals surface area contributed by atoms with E-state index < -0.39 is 0 Å². The molecule has 0 amide bonds. The molecule has 12 aromatic rings. The van der Waals surface area contributed by atoms with Gasteiger partial charge in [-0.1, -0.05) is 133 Å². The molecule has 4 heterocycles. The van der Waals surface area contributed by atoms with Crippen LogP contribution >= 0.6 is 11.3 Å². The summed E-state index contributed by atoms with van der Waals surface area (Å²) in [5.41, 5.74) is 10.3. The molecule has 0 aliphatic carbocycles. The van der Waals surface area contributed by atoms with Gasteiger partial charge in [0.1, 0.15) is 11.2 Å². The number of benzene rings is 8. The van der Waals surface area contributed by atoms with Gasteiger partial charge in [-0.15, -0.1) is 11.3 Å². The van der Waals surface area contributed by atoms with E-state index in [1.807, 2.05) is 72.0 Å². The minimum Gasteiger partial charge on any atom is -0.455 e. The molecule has 8 aromatic carbocycles. The second-order valence-corrected chi connectivity index (χ2v) is 15.4. The van der Waals surface area contributed by atoms with Crippen molar-refractivity contribution in [1.29, 1.82) is 0 Å². The summed E-state index contributed by atoms with van der Waals surface area (Å²) in [4.78, 5) is 14.9. The second-order valence-electron chi connectivity index (χ2n) is 14.4. The van der Waals surface area contributed by atoms with Gasteiger partial charge in [-0.2, -0.15) is 0 Å². The van der Waals surface area contributed by atoms with Gasteiger partial charge in [-0.05, 0) is 48.5 Å². The lowest BCUT2D eigenvalue weighted by atomic mass is 10.00. The van der Waals surface area contributed by atoms with Crippen molar-refractivity contribution in [1.82, 2.24) is 19.5 Å². The van der Waals surface area contributed by atoms with Crippen LogP contribution in [-0.2, 0) is 0 Å². The van der Waals surface area contributed by atoms with Crippen molar-refractivity contribution in [3.05, 3.63) is 182 Å². The largest absolute Gasteiger partial charge is 0.455 e.